The zero-order valence-electron chi connectivity index (χ0n) is 21.3. The Bertz CT molecular complexity index is 1400. The van der Waals surface area contributed by atoms with Crippen LogP contribution in [-0.4, -0.2) is 57.7 Å². The number of pyridine rings is 1. The van der Waals surface area contributed by atoms with Gasteiger partial charge >= 0.3 is 0 Å². The first kappa shape index (κ1) is 25.1. The minimum absolute atomic E-state index is 0.0194. The number of benzene rings is 2. The number of carbonyl (C=O) groups excluding carboxylic acids is 1. The molecule has 1 unspecified atom stereocenters. The van der Waals surface area contributed by atoms with Crippen molar-refractivity contribution in [1.82, 2.24) is 24.6 Å². The number of carbonyl (C=O) groups is 1. The minimum Gasteiger partial charge on any atom is -0.362 e. The molecule has 0 bridgehead atoms. The molecule has 36 heavy (non-hydrogen) atoms. The second-order valence-corrected chi connectivity index (χ2v) is 9.29. The summed E-state index contributed by atoms with van der Waals surface area (Å²) in [5.74, 6) is 0.534. The Morgan fingerprint density at radius 1 is 1.00 bits per heavy atom. The van der Waals surface area contributed by atoms with Gasteiger partial charge in [-0.15, -0.1) is 0 Å². The summed E-state index contributed by atoms with van der Waals surface area (Å²) >= 11 is 0. The van der Waals surface area contributed by atoms with E-state index < -0.39 is 0 Å². The number of anilines is 1. The van der Waals surface area contributed by atoms with Crippen LogP contribution in [-0.2, 0) is 13.6 Å². The van der Waals surface area contributed by atoms with Gasteiger partial charge in [0.2, 0.25) is 0 Å². The van der Waals surface area contributed by atoms with Gasteiger partial charge in [0.15, 0.2) is 5.82 Å². The third-order valence-corrected chi connectivity index (χ3v) is 6.31. The number of aryl methyl sites for hydroxylation is 1. The lowest BCUT2D eigenvalue weighted by molar-refractivity contribution is 0.0785. The summed E-state index contributed by atoms with van der Waals surface area (Å²) in [6, 6.07) is 21.1. The molecule has 0 fully saturated rings. The van der Waals surface area contributed by atoms with Crippen molar-refractivity contribution in [2.24, 2.45) is 7.05 Å². The molecular weight excluding hydrogens is 452 g/mol. The van der Waals surface area contributed by atoms with E-state index in [4.69, 9.17) is 0 Å². The molecule has 1 N–H and O–H groups in total. The smallest absolute Gasteiger partial charge is 0.276 e. The van der Waals surface area contributed by atoms with Crippen molar-refractivity contribution in [3.63, 3.8) is 0 Å². The largest absolute Gasteiger partial charge is 0.362 e. The molecule has 0 saturated heterocycles. The number of likely N-dealkylation sites (N-methyl/N-ethyl adjacent to an activating group) is 1. The molecule has 0 spiro atoms. The zero-order chi connectivity index (χ0) is 25.8. The van der Waals surface area contributed by atoms with Crippen molar-refractivity contribution >= 4 is 22.6 Å². The Morgan fingerprint density at radius 2 is 1.69 bits per heavy atom. The van der Waals surface area contributed by atoms with Gasteiger partial charge in [0.05, 0.1) is 11.4 Å². The quantitative estimate of drug-likeness (QED) is 0.411. The summed E-state index contributed by atoms with van der Waals surface area (Å²) in [6.45, 7) is 2.62. The maximum absolute atomic E-state index is 13.0. The molecule has 0 aliphatic heterocycles. The standard InChI is InChI=1S/C28H32N6O2/c1-19(30-26-24-23(12-9-17-29-24)28(36)34(5)31-26)25(32(2)3)21-13-15-22(16-14-21)27(35)33(4)18-20-10-7-6-8-11-20/h6-17,19,25H,18H2,1-5H3,(H,30,31)/t19-,25?/m0/s1. The summed E-state index contributed by atoms with van der Waals surface area (Å²) < 4.78 is 1.33. The van der Waals surface area contributed by atoms with Gasteiger partial charge < -0.3 is 15.1 Å². The number of nitrogens with one attached hydrogen (secondary N) is 1. The molecule has 4 rings (SSSR count). The molecule has 186 valence electrons. The van der Waals surface area contributed by atoms with Crippen LogP contribution in [0.25, 0.3) is 10.9 Å². The normalized spacial score (nSPS) is 12.9. The Labute approximate surface area is 211 Å². The fourth-order valence-electron chi connectivity index (χ4n) is 4.58. The third-order valence-electron chi connectivity index (χ3n) is 6.31. The molecule has 2 atom stereocenters. The van der Waals surface area contributed by atoms with Crippen LogP contribution in [0.5, 0.6) is 0 Å². The molecule has 2 heterocycles. The summed E-state index contributed by atoms with van der Waals surface area (Å²) in [5.41, 5.74) is 3.16. The van der Waals surface area contributed by atoms with Crippen LogP contribution in [0.15, 0.2) is 77.7 Å². The van der Waals surface area contributed by atoms with Crippen molar-refractivity contribution in [3.05, 3.63) is 100.0 Å². The lowest BCUT2D eigenvalue weighted by Gasteiger charge is -2.31. The van der Waals surface area contributed by atoms with Crippen LogP contribution in [0.1, 0.15) is 34.5 Å². The molecule has 4 aromatic rings. The highest BCUT2D eigenvalue weighted by Crippen LogP contribution is 2.26. The van der Waals surface area contributed by atoms with Crippen LogP contribution >= 0.6 is 0 Å². The number of hydrogen-bond donors (Lipinski definition) is 1. The van der Waals surface area contributed by atoms with Crippen molar-refractivity contribution < 1.29 is 4.79 Å². The average molecular weight is 485 g/mol. The summed E-state index contributed by atoms with van der Waals surface area (Å²) in [4.78, 5) is 33.7. The van der Waals surface area contributed by atoms with Gasteiger partial charge in [0.25, 0.3) is 11.5 Å². The molecule has 8 heteroatoms. The highest BCUT2D eigenvalue weighted by Gasteiger charge is 2.24. The monoisotopic (exact) mass is 484 g/mol. The second-order valence-electron chi connectivity index (χ2n) is 9.29. The fourth-order valence-corrected chi connectivity index (χ4v) is 4.58. The van der Waals surface area contributed by atoms with Crippen molar-refractivity contribution in [3.8, 4) is 0 Å². The third kappa shape index (κ3) is 5.28. The predicted octanol–water partition coefficient (Wildman–Crippen LogP) is 3.70. The molecular formula is C28H32N6O2. The maximum Gasteiger partial charge on any atom is 0.276 e. The summed E-state index contributed by atoms with van der Waals surface area (Å²) in [5, 5.41) is 8.42. The van der Waals surface area contributed by atoms with E-state index >= 15 is 0 Å². The van der Waals surface area contributed by atoms with E-state index in [0.29, 0.717) is 28.8 Å². The van der Waals surface area contributed by atoms with Gasteiger partial charge in [0, 0.05) is 38.4 Å². The van der Waals surface area contributed by atoms with Gasteiger partial charge in [-0.2, -0.15) is 5.10 Å². The molecule has 1 amide bonds. The van der Waals surface area contributed by atoms with Crippen LogP contribution in [0.2, 0.25) is 0 Å². The first-order valence-electron chi connectivity index (χ1n) is 11.9. The van der Waals surface area contributed by atoms with Crippen LogP contribution in [0.3, 0.4) is 0 Å². The molecule has 0 saturated carbocycles. The lowest BCUT2D eigenvalue weighted by Crippen LogP contribution is -2.35. The average Bonchev–Trinajstić information content (AvgIpc) is 2.87. The SMILES string of the molecule is C[C@H](Nc1nn(C)c(=O)c2cccnc12)C(c1ccc(C(=O)N(C)Cc2ccccc2)cc1)N(C)C. The first-order chi connectivity index (χ1) is 17.3. The predicted molar refractivity (Wildman–Crippen MR) is 143 cm³/mol. The van der Waals surface area contributed by atoms with E-state index in [1.807, 2.05) is 75.7 Å². The van der Waals surface area contributed by atoms with E-state index in [1.165, 1.54) is 4.68 Å². The lowest BCUT2D eigenvalue weighted by atomic mass is 9.97. The molecule has 2 aromatic heterocycles. The van der Waals surface area contributed by atoms with Gasteiger partial charge in [0.1, 0.15) is 5.52 Å². The number of aromatic nitrogens is 3. The maximum atomic E-state index is 13.0. The van der Waals surface area contributed by atoms with E-state index in [1.54, 1.807) is 30.3 Å². The fraction of sp³-hybridized carbons (Fsp3) is 0.286. The molecule has 0 aliphatic rings. The van der Waals surface area contributed by atoms with E-state index in [-0.39, 0.29) is 23.6 Å². The van der Waals surface area contributed by atoms with Gasteiger partial charge in [-0.3, -0.25) is 14.6 Å². The topological polar surface area (TPSA) is 83.4 Å². The molecule has 0 radical (unpaired) electrons. The minimum atomic E-state index is -0.182. The number of fused-ring (bicyclic) bond motifs is 1. The Balaban J connectivity index is 1.54. The van der Waals surface area contributed by atoms with Gasteiger partial charge in [-0.25, -0.2) is 4.68 Å². The van der Waals surface area contributed by atoms with E-state index in [0.717, 1.165) is 11.1 Å². The molecule has 2 aromatic carbocycles. The Hall–Kier alpha value is -4.04. The summed E-state index contributed by atoms with van der Waals surface area (Å²) in [7, 11) is 7.48. The Morgan fingerprint density at radius 3 is 2.36 bits per heavy atom. The number of hydrogen-bond acceptors (Lipinski definition) is 6. The van der Waals surface area contributed by atoms with Gasteiger partial charge in [-0.1, -0.05) is 42.5 Å². The first-order valence-corrected chi connectivity index (χ1v) is 11.9. The highest BCUT2D eigenvalue weighted by molar-refractivity contribution is 5.94. The summed E-state index contributed by atoms with van der Waals surface area (Å²) in [6.07, 6.45) is 1.66. The second kappa shape index (κ2) is 10.7. The number of rotatable bonds is 8. The van der Waals surface area contributed by atoms with E-state index in [2.05, 4.69) is 27.2 Å². The number of nitrogens with zero attached hydrogens (tertiary/aromatic N) is 5. The molecule has 8 nitrogen and oxygen atoms in total. The van der Waals surface area contributed by atoms with Crippen molar-refractivity contribution in [1.29, 1.82) is 0 Å². The van der Waals surface area contributed by atoms with Crippen molar-refractivity contribution in [2.45, 2.75) is 25.6 Å². The zero-order valence-corrected chi connectivity index (χ0v) is 21.3. The highest BCUT2D eigenvalue weighted by atomic mass is 16.2. The van der Waals surface area contributed by atoms with Crippen molar-refractivity contribution in [2.75, 3.05) is 26.5 Å². The molecule has 0 aliphatic carbocycles. The van der Waals surface area contributed by atoms with E-state index in [9.17, 15) is 9.59 Å². The van der Waals surface area contributed by atoms with Gasteiger partial charge in [-0.05, 0) is 56.4 Å². The van der Waals surface area contributed by atoms with Crippen LogP contribution < -0.4 is 10.9 Å². The number of amides is 1. The van der Waals surface area contributed by atoms with Crippen LogP contribution in [0, 0.1) is 0 Å². The Kier molecular flexibility index (Phi) is 7.45. The van der Waals surface area contributed by atoms with Crippen LogP contribution in [0.4, 0.5) is 5.82 Å².